The first kappa shape index (κ1) is 15.9. The highest BCUT2D eigenvalue weighted by atomic mass is 16.5. The highest BCUT2D eigenvalue weighted by Crippen LogP contribution is 2.13. The third-order valence-corrected chi connectivity index (χ3v) is 3.26. The van der Waals surface area contributed by atoms with Crippen molar-refractivity contribution in [2.45, 2.75) is 65.3 Å². The Morgan fingerprint density at radius 1 is 1.00 bits per heavy atom. The molecule has 0 spiro atoms. The summed E-state index contributed by atoms with van der Waals surface area (Å²) in [5, 5.41) is 3.31. The topological polar surface area (TPSA) is 21.3 Å². The summed E-state index contributed by atoms with van der Waals surface area (Å²) in [5.41, 5.74) is 0. The molecule has 0 aliphatic rings. The van der Waals surface area contributed by atoms with Crippen LogP contribution in [0.1, 0.15) is 59.3 Å². The molecular formula is C14H31NO. The first-order valence-corrected chi connectivity index (χ1v) is 7.03. The normalized spacial score (nSPS) is 15.0. The summed E-state index contributed by atoms with van der Waals surface area (Å²) in [4.78, 5) is 0. The molecule has 0 saturated carbocycles. The Labute approximate surface area is 102 Å². The van der Waals surface area contributed by atoms with E-state index in [1.165, 1.54) is 38.5 Å². The van der Waals surface area contributed by atoms with Crippen LogP contribution in [0.3, 0.4) is 0 Å². The van der Waals surface area contributed by atoms with Gasteiger partial charge in [0.25, 0.3) is 0 Å². The van der Waals surface area contributed by atoms with Crippen molar-refractivity contribution in [2.24, 2.45) is 5.92 Å². The van der Waals surface area contributed by atoms with Gasteiger partial charge in [0.2, 0.25) is 0 Å². The van der Waals surface area contributed by atoms with Gasteiger partial charge in [-0.2, -0.15) is 0 Å². The van der Waals surface area contributed by atoms with Crippen LogP contribution in [0.25, 0.3) is 0 Å². The quantitative estimate of drug-likeness (QED) is 0.584. The molecule has 0 heterocycles. The largest absolute Gasteiger partial charge is 0.380 e. The molecule has 0 aromatic rings. The summed E-state index contributed by atoms with van der Waals surface area (Å²) in [6.07, 6.45) is 7.64. The number of hydrogen-bond acceptors (Lipinski definition) is 2. The van der Waals surface area contributed by atoms with Crippen molar-refractivity contribution in [3.63, 3.8) is 0 Å². The lowest BCUT2D eigenvalue weighted by Gasteiger charge is -2.19. The van der Waals surface area contributed by atoms with E-state index < -0.39 is 0 Å². The molecule has 1 N–H and O–H groups in total. The second kappa shape index (κ2) is 11.4. The average molecular weight is 229 g/mol. The molecule has 0 fully saturated rings. The predicted molar refractivity (Wildman–Crippen MR) is 71.9 cm³/mol. The van der Waals surface area contributed by atoms with Crippen LogP contribution in [0.15, 0.2) is 0 Å². The maximum Gasteiger partial charge on any atom is 0.0619 e. The molecular weight excluding hydrogens is 198 g/mol. The van der Waals surface area contributed by atoms with Crippen molar-refractivity contribution in [3.05, 3.63) is 0 Å². The zero-order valence-corrected chi connectivity index (χ0v) is 11.7. The molecule has 0 aromatic carbocycles. The smallest absolute Gasteiger partial charge is 0.0619 e. The summed E-state index contributed by atoms with van der Waals surface area (Å²) in [6, 6.07) is 0.536. The van der Waals surface area contributed by atoms with Crippen molar-refractivity contribution in [1.82, 2.24) is 5.32 Å². The fourth-order valence-electron chi connectivity index (χ4n) is 1.93. The van der Waals surface area contributed by atoms with Crippen LogP contribution in [0, 0.1) is 5.92 Å². The zero-order chi connectivity index (χ0) is 12.2. The minimum absolute atomic E-state index is 0.536. The maximum absolute atomic E-state index is 5.83. The van der Waals surface area contributed by atoms with E-state index in [1.807, 2.05) is 7.05 Å². The molecule has 2 nitrogen and oxygen atoms in total. The first-order valence-electron chi connectivity index (χ1n) is 7.03. The van der Waals surface area contributed by atoms with E-state index in [0.29, 0.717) is 6.04 Å². The number of ether oxygens (including phenoxy) is 1. The van der Waals surface area contributed by atoms with Crippen LogP contribution >= 0.6 is 0 Å². The zero-order valence-electron chi connectivity index (χ0n) is 11.7. The molecule has 2 heteroatoms. The molecule has 2 unspecified atom stereocenters. The lowest BCUT2D eigenvalue weighted by molar-refractivity contribution is 0.0763. The van der Waals surface area contributed by atoms with Crippen molar-refractivity contribution >= 4 is 0 Å². The maximum atomic E-state index is 5.83. The Hall–Kier alpha value is -0.0800. The van der Waals surface area contributed by atoms with Crippen LogP contribution < -0.4 is 5.32 Å². The van der Waals surface area contributed by atoms with Crippen molar-refractivity contribution in [2.75, 3.05) is 20.3 Å². The second-order valence-electron chi connectivity index (χ2n) is 4.73. The Balaban J connectivity index is 3.58. The molecule has 0 saturated heterocycles. The molecule has 2 atom stereocenters. The summed E-state index contributed by atoms with van der Waals surface area (Å²) in [6.45, 7) is 8.56. The highest BCUT2D eigenvalue weighted by Gasteiger charge is 2.08. The molecule has 0 amide bonds. The Morgan fingerprint density at radius 2 is 1.75 bits per heavy atom. The summed E-state index contributed by atoms with van der Waals surface area (Å²) < 4.78 is 5.83. The monoisotopic (exact) mass is 229 g/mol. The van der Waals surface area contributed by atoms with Gasteiger partial charge in [0, 0.05) is 12.6 Å². The predicted octanol–water partition coefficient (Wildman–Crippen LogP) is 3.61. The van der Waals surface area contributed by atoms with Gasteiger partial charge in [-0.05, 0) is 25.8 Å². The van der Waals surface area contributed by atoms with Crippen molar-refractivity contribution in [1.29, 1.82) is 0 Å². The average Bonchev–Trinajstić information content (AvgIpc) is 2.32. The molecule has 0 aliphatic carbocycles. The number of likely N-dealkylation sites (N-methyl/N-ethyl adjacent to an activating group) is 1. The Bertz CT molecular complexity index is 139. The Morgan fingerprint density at radius 3 is 2.25 bits per heavy atom. The van der Waals surface area contributed by atoms with Crippen LogP contribution in [0.5, 0.6) is 0 Å². The van der Waals surface area contributed by atoms with Gasteiger partial charge in [0.1, 0.15) is 0 Å². The number of nitrogens with one attached hydrogen (secondary N) is 1. The van der Waals surface area contributed by atoms with E-state index in [-0.39, 0.29) is 0 Å². The lowest BCUT2D eigenvalue weighted by Crippen LogP contribution is -2.31. The lowest BCUT2D eigenvalue weighted by atomic mass is 10.0. The summed E-state index contributed by atoms with van der Waals surface area (Å²) >= 11 is 0. The van der Waals surface area contributed by atoms with E-state index >= 15 is 0 Å². The third kappa shape index (κ3) is 8.12. The van der Waals surface area contributed by atoms with E-state index in [2.05, 4.69) is 26.1 Å². The highest BCUT2D eigenvalue weighted by molar-refractivity contribution is 4.63. The van der Waals surface area contributed by atoms with Crippen LogP contribution in [0.4, 0.5) is 0 Å². The fourth-order valence-corrected chi connectivity index (χ4v) is 1.93. The standard InChI is InChI=1S/C14H31NO/c1-5-8-10-13(7-3)11-16-12-14(15-4)9-6-2/h13-15H,5-12H2,1-4H3. The molecule has 16 heavy (non-hydrogen) atoms. The van der Waals surface area contributed by atoms with E-state index in [1.54, 1.807) is 0 Å². The number of unbranched alkanes of at least 4 members (excludes halogenated alkanes) is 1. The van der Waals surface area contributed by atoms with Gasteiger partial charge >= 0.3 is 0 Å². The molecule has 0 bridgehead atoms. The van der Waals surface area contributed by atoms with Gasteiger partial charge in [0.15, 0.2) is 0 Å². The molecule has 0 aliphatic heterocycles. The van der Waals surface area contributed by atoms with Crippen LogP contribution in [-0.2, 0) is 4.74 Å². The number of hydrogen-bond donors (Lipinski definition) is 1. The molecule has 0 aromatic heterocycles. The number of rotatable bonds is 11. The van der Waals surface area contributed by atoms with Crippen molar-refractivity contribution in [3.8, 4) is 0 Å². The van der Waals surface area contributed by atoms with Crippen molar-refractivity contribution < 1.29 is 4.74 Å². The summed E-state index contributed by atoms with van der Waals surface area (Å²) in [5.74, 6) is 0.763. The van der Waals surface area contributed by atoms with Gasteiger partial charge in [-0.3, -0.25) is 0 Å². The molecule has 0 radical (unpaired) electrons. The Kier molecular flexibility index (Phi) is 11.3. The van der Waals surface area contributed by atoms with Gasteiger partial charge in [0.05, 0.1) is 6.61 Å². The summed E-state index contributed by atoms with van der Waals surface area (Å²) in [7, 11) is 2.03. The molecule has 98 valence electrons. The van der Waals surface area contributed by atoms with E-state index in [9.17, 15) is 0 Å². The second-order valence-corrected chi connectivity index (χ2v) is 4.73. The van der Waals surface area contributed by atoms with Gasteiger partial charge in [-0.25, -0.2) is 0 Å². The van der Waals surface area contributed by atoms with E-state index in [0.717, 1.165) is 19.1 Å². The van der Waals surface area contributed by atoms with E-state index in [4.69, 9.17) is 4.74 Å². The minimum atomic E-state index is 0.536. The third-order valence-electron chi connectivity index (χ3n) is 3.26. The SMILES string of the molecule is CCCCC(CC)COCC(CCC)NC. The molecule has 0 rings (SSSR count). The van der Waals surface area contributed by atoms with Crippen LogP contribution in [0.2, 0.25) is 0 Å². The minimum Gasteiger partial charge on any atom is -0.380 e. The first-order chi connectivity index (χ1) is 7.78. The van der Waals surface area contributed by atoms with Gasteiger partial charge in [-0.1, -0.05) is 46.5 Å². The van der Waals surface area contributed by atoms with Gasteiger partial charge in [-0.15, -0.1) is 0 Å². The van der Waals surface area contributed by atoms with Crippen LogP contribution in [-0.4, -0.2) is 26.3 Å². The van der Waals surface area contributed by atoms with Gasteiger partial charge < -0.3 is 10.1 Å². The fraction of sp³-hybridized carbons (Fsp3) is 1.00.